The molecule has 0 aromatic carbocycles. The number of hydrogen-bond acceptors (Lipinski definition) is 4. The Labute approximate surface area is 105 Å². The molecular weight excluding hydrogens is 237 g/mol. The zero-order valence-electron chi connectivity index (χ0n) is 10.7. The largest absolute Gasteiger partial charge is 0.395 e. The highest BCUT2D eigenvalue weighted by Gasteiger charge is 2.26. The van der Waals surface area contributed by atoms with Gasteiger partial charge in [0.2, 0.25) is 0 Å². The fraction of sp³-hybridized carbons (Fsp3) is 0.583. The number of aromatic amines is 1. The lowest BCUT2D eigenvalue weighted by Gasteiger charge is -2.12. The lowest BCUT2D eigenvalue weighted by atomic mass is 10.1. The molecule has 1 aliphatic rings. The molecule has 5 nitrogen and oxygen atoms in total. The number of nitrogen functional groups attached to an aromatic ring is 1. The summed E-state index contributed by atoms with van der Waals surface area (Å²) in [5.74, 6) is -0.866. The number of aromatic nitrogens is 1. The van der Waals surface area contributed by atoms with E-state index in [0.717, 1.165) is 12.5 Å². The van der Waals surface area contributed by atoms with E-state index < -0.39 is 5.82 Å². The quantitative estimate of drug-likeness (QED) is 0.633. The standard InChI is InChI=1S/C10H14FN3O2.C2H6/c11-7-3-6(10(16)14-9(7)12)8-2-1-5(4-15)13-8;1-2/h3,5,8,13,15H,1-2,4H2,(H3,12,14,16);1-2H3. The van der Waals surface area contributed by atoms with Crippen LogP contribution in [0.4, 0.5) is 10.2 Å². The van der Waals surface area contributed by atoms with Gasteiger partial charge in [-0.15, -0.1) is 0 Å². The van der Waals surface area contributed by atoms with Crippen molar-refractivity contribution in [1.82, 2.24) is 10.3 Å². The molecule has 0 amide bonds. The predicted molar refractivity (Wildman–Crippen MR) is 68.8 cm³/mol. The summed E-state index contributed by atoms with van der Waals surface area (Å²) in [7, 11) is 0. The van der Waals surface area contributed by atoms with E-state index in [9.17, 15) is 9.18 Å². The monoisotopic (exact) mass is 257 g/mol. The van der Waals surface area contributed by atoms with Crippen LogP contribution in [-0.2, 0) is 0 Å². The Morgan fingerprint density at radius 1 is 1.50 bits per heavy atom. The average molecular weight is 257 g/mol. The van der Waals surface area contributed by atoms with E-state index in [1.54, 1.807) is 0 Å². The van der Waals surface area contributed by atoms with E-state index in [2.05, 4.69) is 10.3 Å². The first-order chi connectivity index (χ1) is 8.61. The third kappa shape index (κ3) is 3.08. The highest BCUT2D eigenvalue weighted by Crippen LogP contribution is 2.24. The molecule has 18 heavy (non-hydrogen) atoms. The van der Waals surface area contributed by atoms with Crippen molar-refractivity contribution in [2.75, 3.05) is 12.3 Å². The van der Waals surface area contributed by atoms with E-state index in [-0.39, 0.29) is 30.1 Å². The Hall–Kier alpha value is -1.40. The zero-order chi connectivity index (χ0) is 13.7. The molecule has 5 N–H and O–H groups in total. The van der Waals surface area contributed by atoms with Gasteiger partial charge >= 0.3 is 0 Å². The second-order valence-electron chi connectivity index (χ2n) is 3.99. The fourth-order valence-electron chi connectivity index (χ4n) is 2.00. The fourth-order valence-corrected chi connectivity index (χ4v) is 2.00. The number of anilines is 1. The van der Waals surface area contributed by atoms with Crippen LogP contribution in [0, 0.1) is 5.82 Å². The van der Waals surface area contributed by atoms with Crippen molar-refractivity contribution in [3.05, 3.63) is 27.8 Å². The van der Waals surface area contributed by atoms with Crippen LogP contribution in [0.15, 0.2) is 10.9 Å². The van der Waals surface area contributed by atoms with Crippen LogP contribution in [0.3, 0.4) is 0 Å². The maximum atomic E-state index is 13.2. The molecule has 1 fully saturated rings. The summed E-state index contributed by atoms with van der Waals surface area (Å²) in [5, 5.41) is 12.0. The van der Waals surface area contributed by atoms with Gasteiger partial charge in [-0.1, -0.05) is 13.8 Å². The molecule has 2 heterocycles. The Balaban J connectivity index is 0.000000771. The first-order valence-electron chi connectivity index (χ1n) is 6.17. The molecule has 102 valence electrons. The van der Waals surface area contributed by atoms with Crippen molar-refractivity contribution < 1.29 is 9.50 Å². The first kappa shape index (κ1) is 14.7. The molecule has 0 radical (unpaired) electrons. The van der Waals surface area contributed by atoms with Gasteiger partial charge in [-0.2, -0.15) is 0 Å². The minimum atomic E-state index is -0.621. The summed E-state index contributed by atoms with van der Waals surface area (Å²) in [6.45, 7) is 4.02. The van der Waals surface area contributed by atoms with Gasteiger partial charge in [0.25, 0.3) is 5.56 Å². The maximum absolute atomic E-state index is 13.2. The molecule has 1 aromatic heterocycles. The van der Waals surface area contributed by atoms with Gasteiger partial charge in [-0.05, 0) is 18.9 Å². The lowest BCUT2D eigenvalue weighted by molar-refractivity contribution is 0.251. The number of nitrogens with one attached hydrogen (secondary N) is 2. The number of nitrogens with two attached hydrogens (primary N) is 1. The summed E-state index contributed by atoms with van der Waals surface area (Å²) >= 11 is 0. The van der Waals surface area contributed by atoms with Crippen LogP contribution >= 0.6 is 0 Å². The van der Waals surface area contributed by atoms with E-state index in [1.807, 2.05) is 13.8 Å². The molecule has 0 saturated carbocycles. The number of hydrogen-bond donors (Lipinski definition) is 4. The maximum Gasteiger partial charge on any atom is 0.254 e. The number of rotatable bonds is 2. The van der Waals surface area contributed by atoms with Gasteiger partial charge in [0.15, 0.2) is 5.82 Å². The smallest absolute Gasteiger partial charge is 0.254 e. The summed E-state index contributed by atoms with van der Waals surface area (Å²) < 4.78 is 13.2. The van der Waals surface area contributed by atoms with Crippen molar-refractivity contribution in [1.29, 1.82) is 0 Å². The zero-order valence-corrected chi connectivity index (χ0v) is 10.7. The van der Waals surface area contributed by atoms with Crippen LogP contribution in [0.1, 0.15) is 38.3 Å². The number of H-pyrrole nitrogens is 1. The van der Waals surface area contributed by atoms with Gasteiger partial charge in [0.05, 0.1) is 6.61 Å². The molecule has 2 atom stereocenters. The Kier molecular flexibility index (Phi) is 5.30. The third-order valence-electron chi connectivity index (χ3n) is 2.89. The molecule has 1 aromatic rings. The molecular formula is C12H20FN3O2. The van der Waals surface area contributed by atoms with Gasteiger partial charge in [0.1, 0.15) is 5.82 Å². The predicted octanol–water partition coefficient (Wildman–Crippen LogP) is 0.908. The molecule has 2 rings (SSSR count). The summed E-state index contributed by atoms with van der Waals surface area (Å²) in [5.41, 5.74) is 5.21. The SMILES string of the molecule is CC.Nc1[nH]c(=O)c(C2CCC(CO)N2)cc1F. The van der Waals surface area contributed by atoms with Crippen molar-refractivity contribution in [2.45, 2.75) is 38.8 Å². The average Bonchev–Trinajstić information content (AvgIpc) is 2.85. The highest BCUT2D eigenvalue weighted by atomic mass is 19.1. The highest BCUT2D eigenvalue weighted by molar-refractivity contribution is 5.33. The molecule has 1 saturated heterocycles. The van der Waals surface area contributed by atoms with Gasteiger partial charge < -0.3 is 21.1 Å². The third-order valence-corrected chi connectivity index (χ3v) is 2.89. The van der Waals surface area contributed by atoms with Crippen LogP contribution in [0.25, 0.3) is 0 Å². The first-order valence-corrected chi connectivity index (χ1v) is 6.17. The number of pyridine rings is 1. The van der Waals surface area contributed by atoms with Crippen molar-refractivity contribution in [3.8, 4) is 0 Å². The van der Waals surface area contributed by atoms with Crippen molar-refractivity contribution in [3.63, 3.8) is 0 Å². The number of aliphatic hydroxyl groups is 1. The molecule has 1 aliphatic heterocycles. The van der Waals surface area contributed by atoms with Gasteiger partial charge in [-0.3, -0.25) is 4.79 Å². The van der Waals surface area contributed by atoms with E-state index in [4.69, 9.17) is 10.8 Å². The minimum Gasteiger partial charge on any atom is -0.395 e. The number of aliphatic hydroxyl groups excluding tert-OH is 1. The molecule has 0 bridgehead atoms. The minimum absolute atomic E-state index is 0.0197. The topological polar surface area (TPSA) is 91.1 Å². The summed E-state index contributed by atoms with van der Waals surface area (Å²) in [6.07, 6.45) is 1.48. The van der Waals surface area contributed by atoms with Crippen LogP contribution in [-0.4, -0.2) is 22.7 Å². The van der Waals surface area contributed by atoms with Crippen molar-refractivity contribution in [2.24, 2.45) is 0 Å². The van der Waals surface area contributed by atoms with E-state index in [1.165, 1.54) is 0 Å². The molecule has 0 spiro atoms. The van der Waals surface area contributed by atoms with Crippen molar-refractivity contribution >= 4 is 5.82 Å². The Morgan fingerprint density at radius 3 is 2.72 bits per heavy atom. The van der Waals surface area contributed by atoms with Crippen LogP contribution in [0.2, 0.25) is 0 Å². The summed E-state index contributed by atoms with van der Waals surface area (Å²) in [4.78, 5) is 13.8. The Bertz CT molecular complexity index is 447. The van der Waals surface area contributed by atoms with E-state index >= 15 is 0 Å². The van der Waals surface area contributed by atoms with Crippen LogP contribution < -0.4 is 16.6 Å². The second kappa shape index (κ2) is 6.51. The number of halogens is 1. The molecule has 2 unspecified atom stereocenters. The molecule has 6 heteroatoms. The summed E-state index contributed by atoms with van der Waals surface area (Å²) in [6, 6.07) is 0.923. The molecule has 0 aliphatic carbocycles. The normalized spacial score (nSPS) is 22.4. The Morgan fingerprint density at radius 2 is 2.17 bits per heavy atom. The lowest BCUT2D eigenvalue weighted by Crippen LogP contribution is -2.30. The second-order valence-corrected chi connectivity index (χ2v) is 3.99. The van der Waals surface area contributed by atoms with E-state index in [0.29, 0.717) is 12.0 Å². The van der Waals surface area contributed by atoms with Crippen LogP contribution in [0.5, 0.6) is 0 Å². The van der Waals surface area contributed by atoms with Gasteiger partial charge in [-0.25, -0.2) is 4.39 Å². The van der Waals surface area contributed by atoms with Gasteiger partial charge in [0, 0.05) is 17.6 Å².